The van der Waals surface area contributed by atoms with Crippen molar-refractivity contribution in [3.63, 3.8) is 0 Å². The molecule has 2 fully saturated rings. The molecule has 0 radical (unpaired) electrons. The first-order chi connectivity index (χ1) is 9.97. The molecule has 1 heterocycles. The number of rotatable bonds is 4. The van der Waals surface area contributed by atoms with Gasteiger partial charge in [-0.1, -0.05) is 25.5 Å². The smallest absolute Gasteiger partial charge is 0.319 e. The number of carbonyl (C=O) groups is 2. The lowest BCUT2D eigenvalue weighted by Gasteiger charge is -2.55. The van der Waals surface area contributed by atoms with E-state index < -0.39 is 17.1 Å². The first kappa shape index (κ1) is 14.8. The SMILES string of the molecule is CCCC1C(=O)CC2(C(O)C3C=CCCC3)C(=O)OC12C. The van der Waals surface area contributed by atoms with E-state index in [0.29, 0.717) is 0 Å². The van der Waals surface area contributed by atoms with E-state index in [1.807, 2.05) is 19.9 Å². The number of fused-ring (bicyclic) bond motifs is 1. The van der Waals surface area contributed by atoms with Crippen molar-refractivity contribution in [2.45, 2.75) is 64.1 Å². The minimum Gasteiger partial charge on any atom is -0.457 e. The van der Waals surface area contributed by atoms with Gasteiger partial charge in [-0.15, -0.1) is 0 Å². The molecule has 0 aromatic rings. The molecule has 5 atom stereocenters. The van der Waals surface area contributed by atoms with E-state index >= 15 is 0 Å². The fourth-order valence-corrected chi connectivity index (χ4v) is 4.58. The zero-order valence-electron chi connectivity index (χ0n) is 12.8. The molecule has 116 valence electrons. The van der Waals surface area contributed by atoms with Crippen LogP contribution in [0, 0.1) is 17.3 Å². The quantitative estimate of drug-likeness (QED) is 0.638. The number of carbonyl (C=O) groups excluding carboxylic acids is 2. The highest BCUT2D eigenvalue weighted by Gasteiger charge is 2.78. The van der Waals surface area contributed by atoms with Crippen LogP contribution in [-0.2, 0) is 14.3 Å². The number of aliphatic hydroxyl groups excluding tert-OH is 1. The van der Waals surface area contributed by atoms with Crippen molar-refractivity contribution in [3.8, 4) is 0 Å². The minimum atomic E-state index is -1.02. The maximum absolute atomic E-state index is 12.4. The lowest BCUT2D eigenvalue weighted by atomic mass is 9.60. The van der Waals surface area contributed by atoms with Gasteiger partial charge >= 0.3 is 5.97 Å². The summed E-state index contributed by atoms with van der Waals surface area (Å²) in [6.07, 6.45) is 7.90. The summed E-state index contributed by atoms with van der Waals surface area (Å²) in [6, 6.07) is 0. The number of hydrogen-bond donors (Lipinski definition) is 1. The molecular formula is C17H24O4. The zero-order valence-corrected chi connectivity index (χ0v) is 12.8. The number of aliphatic hydroxyl groups is 1. The van der Waals surface area contributed by atoms with Crippen LogP contribution < -0.4 is 0 Å². The highest BCUT2D eigenvalue weighted by atomic mass is 16.6. The third kappa shape index (κ3) is 1.78. The Balaban J connectivity index is 1.94. The van der Waals surface area contributed by atoms with Gasteiger partial charge in [0.2, 0.25) is 0 Å². The summed E-state index contributed by atoms with van der Waals surface area (Å²) >= 11 is 0. The van der Waals surface area contributed by atoms with Crippen LogP contribution in [0.3, 0.4) is 0 Å². The van der Waals surface area contributed by atoms with Gasteiger partial charge in [0.25, 0.3) is 0 Å². The molecule has 0 aromatic heterocycles. The van der Waals surface area contributed by atoms with E-state index in [4.69, 9.17) is 4.74 Å². The van der Waals surface area contributed by atoms with Crippen LogP contribution in [-0.4, -0.2) is 28.6 Å². The van der Waals surface area contributed by atoms with E-state index in [-0.39, 0.29) is 30.0 Å². The van der Waals surface area contributed by atoms with Gasteiger partial charge in [0.1, 0.15) is 16.8 Å². The zero-order chi connectivity index (χ0) is 15.3. The van der Waals surface area contributed by atoms with Crippen LogP contribution in [0.1, 0.15) is 52.4 Å². The van der Waals surface area contributed by atoms with Gasteiger partial charge in [0.15, 0.2) is 0 Å². The van der Waals surface area contributed by atoms with Gasteiger partial charge in [0.05, 0.1) is 12.0 Å². The van der Waals surface area contributed by atoms with Gasteiger partial charge in [-0.3, -0.25) is 9.59 Å². The highest BCUT2D eigenvalue weighted by Crippen LogP contribution is 2.62. The Morgan fingerprint density at radius 2 is 2.24 bits per heavy atom. The van der Waals surface area contributed by atoms with Crippen molar-refractivity contribution >= 4 is 11.8 Å². The fraction of sp³-hybridized carbons (Fsp3) is 0.765. The van der Waals surface area contributed by atoms with E-state index in [9.17, 15) is 14.7 Å². The second kappa shape index (κ2) is 4.94. The van der Waals surface area contributed by atoms with Gasteiger partial charge in [-0.2, -0.15) is 0 Å². The Hall–Kier alpha value is -1.16. The second-order valence-corrected chi connectivity index (χ2v) is 6.92. The van der Waals surface area contributed by atoms with Crippen LogP contribution in [0.15, 0.2) is 12.2 Å². The Kier molecular flexibility index (Phi) is 3.47. The van der Waals surface area contributed by atoms with E-state index in [1.165, 1.54) is 0 Å². The van der Waals surface area contributed by atoms with Gasteiger partial charge < -0.3 is 9.84 Å². The molecular weight excluding hydrogens is 268 g/mol. The molecule has 4 nitrogen and oxygen atoms in total. The number of esters is 1. The molecule has 1 saturated heterocycles. The number of allylic oxidation sites excluding steroid dienone is 1. The van der Waals surface area contributed by atoms with Gasteiger partial charge in [0, 0.05) is 12.3 Å². The molecule has 1 saturated carbocycles. The lowest BCUT2D eigenvalue weighted by Crippen LogP contribution is -2.70. The molecule has 1 N–H and O–H groups in total. The first-order valence-electron chi connectivity index (χ1n) is 8.08. The maximum Gasteiger partial charge on any atom is 0.319 e. The molecule has 0 spiro atoms. The Morgan fingerprint density at radius 3 is 2.81 bits per heavy atom. The molecule has 21 heavy (non-hydrogen) atoms. The van der Waals surface area contributed by atoms with Crippen LogP contribution in [0.25, 0.3) is 0 Å². The van der Waals surface area contributed by atoms with Crippen molar-refractivity contribution in [2.24, 2.45) is 17.3 Å². The van der Waals surface area contributed by atoms with Gasteiger partial charge in [-0.05, 0) is 32.6 Å². The Morgan fingerprint density at radius 1 is 1.48 bits per heavy atom. The summed E-state index contributed by atoms with van der Waals surface area (Å²) in [5.74, 6) is -0.617. The first-order valence-corrected chi connectivity index (χ1v) is 8.08. The standard InChI is InChI=1S/C17H24O4/c1-3-7-12-13(18)10-17(15(20)21-16(12,17)2)14(19)11-8-5-4-6-9-11/h5,8,11-12,14,19H,3-4,6-7,9-10H2,1-2H3. The minimum absolute atomic E-state index is 0.0425. The normalized spacial score (nSPS) is 43.2. The van der Waals surface area contributed by atoms with Crippen LogP contribution >= 0.6 is 0 Å². The summed E-state index contributed by atoms with van der Waals surface area (Å²) in [6.45, 7) is 3.87. The van der Waals surface area contributed by atoms with Crippen molar-refractivity contribution in [1.82, 2.24) is 0 Å². The number of Topliss-reactive ketones (excluding diaryl/α,β-unsaturated/α-hetero) is 1. The van der Waals surface area contributed by atoms with E-state index in [0.717, 1.165) is 32.1 Å². The lowest BCUT2D eigenvalue weighted by molar-refractivity contribution is -0.263. The van der Waals surface area contributed by atoms with Crippen LogP contribution in [0.5, 0.6) is 0 Å². The highest BCUT2D eigenvalue weighted by molar-refractivity contribution is 6.00. The molecule has 0 bridgehead atoms. The molecule has 3 rings (SSSR count). The average Bonchev–Trinajstić information content (AvgIpc) is 2.65. The van der Waals surface area contributed by atoms with Crippen molar-refractivity contribution in [2.75, 3.05) is 0 Å². The average molecular weight is 292 g/mol. The van der Waals surface area contributed by atoms with Gasteiger partial charge in [-0.25, -0.2) is 0 Å². The molecule has 5 unspecified atom stereocenters. The third-order valence-electron chi connectivity index (χ3n) is 5.84. The summed E-state index contributed by atoms with van der Waals surface area (Å²) in [5.41, 5.74) is -1.84. The molecule has 0 aromatic carbocycles. The predicted molar refractivity (Wildman–Crippen MR) is 77.4 cm³/mol. The summed E-state index contributed by atoms with van der Waals surface area (Å²) in [5, 5.41) is 10.9. The number of ketones is 1. The molecule has 0 amide bonds. The van der Waals surface area contributed by atoms with Crippen molar-refractivity contribution in [3.05, 3.63) is 12.2 Å². The van der Waals surface area contributed by atoms with Crippen molar-refractivity contribution in [1.29, 1.82) is 0 Å². The second-order valence-electron chi connectivity index (χ2n) is 6.92. The van der Waals surface area contributed by atoms with Crippen LogP contribution in [0.2, 0.25) is 0 Å². The van der Waals surface area contributed by atoms with Crippen molar-refractivity contribution < 1.29 is 19.4 Å². The summed E-state index contributed by atoms with van der Waals surface area (Å²) in [4.78, 5) is 24.7. The topological polar surface area (TPSA) is 63.6 Å². The number of ether oxygens (including phenoxy) is 1. The Bertz CT molecular complexity index is 497. The fourth-order valence-electron chi connectivity index (χ4n) is 4.58. The monoisotopic (exact) mass is 292 g/mol. The summed E-state index contributed by atoms with van der Waals surface area (Å²) in [7, 11) is 0. The third-order valence-corrected chi connectivity index (χ3v) is 5.84. The van der Waals surface area contributed by atoms with E-state index in [2.05, 4.69) is 6.08 Å². The Labute approximate surface area is 125 Å². The summed E-state index contributed by atoms with van der Waals surface area (Å²) < 4.78 is 5.46. The molecule has 2 aliphatic carbocycles. The van der Waals surface area contributed by atoms with Crippen LogP contribution in [0.4, 0.5) is 0 Å². The van der Waals surface area contributed by atoms with E-state index in [1.54, 1.807) is 0 Å². The molecule has 1 aliphatic heterocycles. The molecule has 3 aliphatic rings. The number of hydrogen-bond acceptors (Lipinski definition) is 4. The maximum atomic E-state index is 12.4. The molecule has 4 heteroatoms. The predicted octanol–water partition coefficient (Wildman–Crippen LogP) is 2.39. The largest absolute Gasteiger partial charge is 0.457 e.